The van der Waals surface area contributed by atoms with Gasteiger partial charge in [-0.1, -0.05) is 0 Å². The van der Waals surface area contributed by atoms with Crippen LogP contribution in [0.5, 0.6) is 0 Å². The molecule has 0 unspecified atom stereocenters. The Morgan fingerprint density at radius 2 is 0.898 bits per heavy atom. The molecule has 3 nitrogen and oxygen atoms in total. The molecule has 0 aliphatic rings. The first kappa shape index (κ1) is 29.2. The molecular weight excluding hydrogens is 661 g/mol. The summed E-state index contributed by atoms with van der Waals surface area (Å²) in [6.07, 6.45) is 1.76. The molecule has 0 radical (unpaired) electrons. The molecule has 2 heterocycles. The summed E-state index contributed by atoms with van der Waals surface area (Å²) in [4.78, 5) is 0. The number of nitrogens with zero attached hydrogens (tertiary/aromatic N) is 3. The summed E-state index contributed by atoms with van der Waals surface area (Å²) in [6.45, 7) is 0. The maximum absolute atomic E-state index is 4.79. The van der Waals surface area contributed by atoms with Gasteiger partial charge in [-0.05, 0) is 0 Å². The molecule has 0 saturated heterocycles. The van der Waals surface area contributed by atoms with E-state index in [0.717, 1.165) is 22.4 Å². The predicted molar refractivity (Wildman–Crippen MR) is 204 cm³/mol. The monoisotopic (exact) mass is 691 g/mol. The first-order valence-corrected chi connectivity index (χ1v) is 18.1. The molecule has 0 amide bonds. The van der Waals surface area contributed by atoms with Crippen LogP contribution < -0.4 is 0 Å². The van der Waals surface area contributed by atoms with Crippen molar-refractivity contribution < 1.29 is 0 Å². The van der Waals surface area contributed by atoms with Crippen LogP contribution in [0.2, 0.25) is 0 Å². The van der Waals surface area contributed by atoms with E-state index in [1.54, 1.807) is 6.20 Å². The Morgan fingerprint density at radius 1 is 0.388 bits per heavy atom. The van der Waals surface area contributed by atoms with E-state index < -0.39 is 0 Å². The van der Waals surface area contributed by atoms with E-state index in [2.05, 4.69) is 174 Å². The predicted octanol–water partition coefficient (Wildman–Crippen LogP) is 11.2. The summed E-state index contributed by atoms with van der Waals surface area (Å²) in [5, 5.41) is 15.7. The van der Waals surface area contributed by atoms with Crippen LogP contribution in [0.4, 0.5) is 0 Å². The Labute approximate surface area is 290 Å². The third-order valence-electron chi connectivity index (χ3n) is 9.21. The van der Waals surface area contributed by atoms with Crippen molar-refractivity contribution in [1.82, 2.24) is 15.4 Å². The average molecular weight is 691 g/mol. The van der Waals surface area contributed by atoms with E-state index in [-0.39, 0.29) is 14.5 Å². The molecule has 0 N–H and O–H groups in total. The molecule has 0 fully saturated rings. The van der Waals surface area contributed by atoms with Crippen molar-refractivity contribution in [2.24, 2.45) is 0 Å². The summed E-state index contributed by atoms with van der Waals surface area (Å²) >= 11 is 0.0619. The van der Waals surface area contributed by atoms with Gasteiger partial charge in [0.05, 0.1) is 0 Å². The number of benzene rings is 7. The van der Waals surface area contributed by atoms with Gasteiger partial charge in [-0.15, -0.1) is 0 Å². The minimum absolute atomic E-state index is 0.0619. The molecule has 0 aliphatic carbocycles. The topological polar surface area (TPSA) is 38.7 Å². The van der Waals surface area contributed by atoms with Crippen molar-refractivity contribution in [2.75, 3.05) is 0 Å². The van der Waals surface area contributed by atoms with E-state index in [0.29, 0.717) is 0 Å². The van der Waals surface area contributed by atoms with Crippen LogP contribution in [-0.2, 0) is 0 Å². The van der Waals surface area contributed by atoms with Gasteiger partial charge < -0.3 is 0 Å². The van der Waals surface area contributed by atoms with E-state index in [4.69, 9.17) is 5.10 Å². The van der Waals surface area contributed by atoms with Crippen molar-refractivity contribution in [1.29, 1.82) is 0 Å². The summed E-state index contributed by atoms with van der Waals surface area (Å²) in [6, 6.07) is 60.9. The summed E-state index contributed by atoms with van der Waals surface area (Å²) in [5.74, 6) is 0. The molecule has 2 aromatic heterocycles. The molecule has 230 valence electrons. The Kier molecular flexibility index (Phi) is 7.51. The zero-order valence-corrected chi connectivity index (χ0v) is 28.2. The van der Waals surface area contributed by atoms with Gasteiger partial charge in [0.2, 0.25) is 0 Å². The number of hydrogen-bond acceptors (Lipinski definition) is 3. The second-order valence-electron chi connectivity index (χ2n) is 12.0. The van der Waals surface area contributed by atoms with Gasteiger partial charge in [-0.3, -0.25) is 0 Å². The molecule has 0 aliphatic heterocycles. The molecule has 0 saturated carbocycles. The van der Waals surface area contributed by atoms with Crippen LogP contribution >= 0.6 is 0 Å². The van der Waals surface area contributed by atoms with Crippen molar-refractivity contribution in [3.05, 3.63) is 176 Å². The van der Waals surface area contributed by atoms with Crippen LogP contribution in [0, 0.1) is 0 Å². The average Bonchev–Trinajstić information content (AvgIpc) is 3.57. The van der Waals surface area contributed by atoms with Gasteiger partial charge in [0, 0.05) is 0 Å². The third kappa shape index (κ3) is 5.10. The fourth-order valence-corrected chi connectivity index (χ4v) is 9.84. The number of aromatic nitrogens is 3. The van der Waals surface area contributed by atoms with Crippen molar-refractivity contribution >= 4 is 33.8 Å². The van der Waals surface area contributed by atoms with Crippen LogP contribution in [0.3, 0.4) is 0 Å². The SMILES string of the molecule is c1ccc(-c2ccccc2-c2c(-c3ccnnn3)c(-c3ccccc3-c3ccccc3)c3c([se]c4ccccc43)c2-c2ccccc2)cc1. The number of fused-ring (bicyclic) bond motifs is 3. The fraction of sp³-hybridized carbons (Fsp3) is 0. The zero-order chi connectivity index (χ0) is 32.6. The van der Waals surface area contributed by atoms with E-state index >= 15 is 0 Å². The molecule has 9 rings (SSSR count). The first-order chi connectivity index (χ1) is 24.4. The molecule has 4 heteroatoms. The number of hydrogen-bond donors (Lipinski definition) is 0. The van der Waals surface area contributed by atoms with Gasteiger partial charge in [0.25, 0.3) is 0 Å². The van der Waals surface area contributed by atoms with Crippen LogP contribution in [0.1, 0.15) is 0 Å². The Balaban J connectivity index is 1.57. The second kappa shape index (κ2) is 12.6. The summed E-state index contributed by atoms with van der Waals surface area (Å²) in [7, 11) is 0. The molecule has 0 bridgehead atoms. The first-order valence-electron chi connectivity index (χ1n) is 16.4. The maximum atomic E-state index is 4.79. The molecule has 9 aromatic rings. The quantitative estimate of drug-likeness (QED) is 0.163. The summed E-state index contributed by atoms with van der Waals surface area (Å²) in [5.41, 5.74) is 13.7. The van der Waals surface area contributed by atoms with Crippen LogP contribution in [-0.4, -0.2) is 29.9 Å². The van der Waals surface area contributed by atoms with Crippen LogP contribution in [0.15, 0.2) is 176 Å². The van der Waals surface area contributed by atoms with Crippen LogP contribution in [0.25, 0.3) is 86.2 Å². The molecule has 0 atom stereocenters. The fourth-order valence-electron chi connectivity index (χ4n) is 7.15. The van der Waals surface area contributed by atoms with Gasteiger partial charge >= 0.3 is 292 Å². The van der Waals surface area contributed by atoms with Gasteiger partial charge in [-0.2, -0.15) is 0 Å². The van der Waals surface area contributed by atoms with E-state index in [1.807, 2.05) is 6.07 Å². The van der Waals surface area contributed by atoms with Crippen molar-refractivity contribution in [3.63, 3.8) is 0 Å². The minimum atomic E-state index is 0.0619. The normalized spacial score (nSPS) is 11.3. The van der Waals surface area contributed by atoms with Gasteiger partial charge in [0.15, 0.2) is 0 Å². The van der Waals surface area contributed by atoms with Crippen molar-refractivity contribution in [3.8, 4) is 66.9 Å². The Bertz CT molecular complexity index is 2580. The second-order valence-corrected chi connectivity index (χ2v) is 14.2. The van der Waals surface area contributed by atoms with E-state index in [1.165, 1.54) is 63.8 Å². The Morgan fingerprint density at radius 3 is 1.49 bits per heavy atom. The summed E-state index contributed by atoms with van der Waals surface area (Å²) < 4.78 is 2.78. The van der Waals surface area contributed by atoms with Gasteiger partial charge in [0.1, 0.15) is 0 Å². The zero-order valence-electron chi connectivity index (χ0n) is 26.5. The van der Waals surface area contributed by atoms with E-state index in [9.17, 15) is 0 Å². The number of rotatable bonds is 6. The molecular formula is C45H29N3Se. The molecule has 0 spiro atoms. The molecule has 7 aromatic carbocycles. The third-order valence-corrected chi connectivity index (χ3v) is 11.7. The molecule has 49 heavy (non-hydrogen) atoms. The Hall–Kier alpha value is -5.93. The van der Waals surface area contributed by atoms with Gasteiger partial charge in [-0.25, -0.2) is 0 Å². The van der Waals surface area contributed by atoms with Crippen molar-refractivity contribution in [2.45, 2.75) is 0 Å². The standard InChI is InChI=1S/C45H29N3Se/c1-4-16-30(17-5-1)33-22-10-12-24-35(33)41-40(32-20-8-3-9-21-32)45-43(37-26-14-15-27-39(37)49-45)42(44(41)38-28-29-46-48-47-38)36-25-13-11-23-34(36)31-18-6-2-7-19-31/h1-29H.